The summed E-state index contributed by atoms with van der Waals surface area (Å²) in [5.74, 6) is -0.394. The molecule has 0 radical (unpaired) electrons. The highest BCUT2D eigenvalue weighted by Crippen LogP contribution is 2.22. The van der Waals surface area contributed by atoms with E-state index in [0.717, 1.165) is 6.26 Å². The third-order valence-corrected chi connectivity index (χ3v) is 6.57. The van der Waals surface area contributed by atoms with Crippen LogP contribution in [0.5, 0.6) is 5.75 Å². The van der Waals surface area contributed by atoms with E-state index in [-0.39, 0.29) is 43.8 Å². The summed E-state index contributed by atoms with van der Waals surface area (Å²) in [4.78, 5) is 27.3. The monoisotopic (exact) mass is 507 g/mol. The average molecular weight is 508 g/mol. The third kappa shape index (κ3) is 8.54. The molecule has 2 aromatic rings. The number of nitrogens with one attached hydrogen (secondary N) is 1. The lowest BCUT2D eigenvalue weighted by Crippen LogP contribution is -2.49. The molecule has 1 atom stereocenters. The van der Waals surface area contributed by atoms with E-state index in [9.17, 15) is 22.4 Å². The van der Waals surface area contributed by atoms with Gasteiger partial charge in [0.1, 0.15) is 17.6 Å². The first-order valence-corrected chi connectivity index (χ1v) is 13.2. The molecule has 0 heterocycles. The van der Waals surface area contributed by atoms with Crippen LogP contribution in [0.15, 0.2) is 48.5 Å². The topological polar surface area (TPSA) is 96.0 Å². The highest BCUT2D eigenvalue weighted by Gasteiger charge is 2.27. The molecular weight excluding hydrogens is 473 g/mol. The lowest BCUT2D eigenvalue weighted by atomic mass is 10.1. The van der Waals surface area contributed by atoms with Gasteiger partial charge in [-0.15, -0.1) is 0 Å². The van der Waals surface area contributed by atoms with Crippen LogP contribution in [0, 0.1) is 5.82 Å². The maximum absolute atomic E-state index is 13.3. The Kier molecular flexibility index (Phi) is 10.1. The van der Waals surface area contributed by atoms with Gasteiger partial charge in [-0.2, -0.15) is 0 Å². The van der Waals surface area contributed by atoms with Gasteiger partial charge in [0.05, 0.1) is 19.1 Å². The average Bonchev–Trinajstić information content (AvgIpc) is 2.79. The van der Waals surface area contributed by atoms with Crippen molar-refractivity contribution in [3.8, 4) is 5.75 Å². The normalized spacial score (nSPS) is 12.2. The van der Waals surface area contributed by atoms with Gasteiger partial charge in [0, 0.05) is 25.6 Å². The number of hydrogen-bond donors (Lipinski definition) is 1. The Labute approximate surface area is 207 Å². The number of benzene rings is 2. The molecule has 10 heteroatoms. The second-order valence-corrected chi connectivity index (χ2v) is 10.5. The van der Waals surface area contributed by atoms with Gasteiger partial charge in [-0.05, 0) is 69.2 Å². The van der Waals surface area contributed by atoms with Crippen molar-refractivity contribution in [2.75, 3.05) is 24.2 Å². The Morgan fingerprint density at radius 2 is 1.63 bits per heavy atom. The molecule has 0 unspecified atom stereocenters. The number of halogens is 1. The van der Waals surface area contributed by atoms with Crippen LogP contribution in [-0.4, -0.2) is 57.1 Å². The lowest BCUT2D eigenvalue weighted by molar-refractivity contribution is -0.140. The molecule has 1 N–H and O–H groups in total. The van der Waals surface area contributed by atoms with E-state index in [4.69, 9.17) is 4.74 Å². The molecule has 0 saturated heterocycles. The molecule has 0 aliphatic carbocycles. The first-order valence-electron chi connectivity index (χ1n) is 11.4. The molecule has 0 bridgehead atoms. The summed E-state index contributed by atoms with van der Waals surface area (Å²) >= 11 is 0. The molecule has 8 nitrogen and oxygen atoms in total. The molecule has 2 amide bonds. The van der Waals surface area contributed by atoms with Crippen molar-refractivity contribution in [1.29, 1.82) is 0 Å². The summed E-state index contributed by atoms with van der Waals surface area (Å²) in [5, 5.41) is 2.81. The number of sulfonamides is 1. The Morgan fingerprint density at radius 1 is 1.03 bits per heavy atom. The number of anilines is 1. The zero-order valence-corrected chi connectivity index (χ0v) is 21.6. The maximum atomic E-state index is 13.3. The second kappa shape index (κ2) is 12.5. The summed E-state index contributed by atoms with van der Waals surface area (Å²) in [6, 6.07) is 11.5. The SMILES string of the molecule is COc1ccc(N(CCCC(=O)N(Cc2ccc(F)cc2)[C@@H](C)C(=O)NC(C)C)S(C)(=O)=O)cc1. The molecule has 0 saturated carbocycles. The predicted octanol–water partition coefficient (Wildman–Crippen LogP) is 3.32. The van der Waals surface area contributed by atoms with E-state index in [2.05, 4.69) is 5.32 Å². The molecule has 35 heavy (non-hydrogen) atoms. The van der Waals surface area contributed by atoms with Crippen molar-refractivity contribution in [2.45, 2.75) is 52.2 Å². The van der Waals surface area contributed by atoms with Gasteiger partial charge in [0.25, 0.3) is 0 Å². The Hall–Kier alpha value is -3.14. The summed E-state index contributed by atoms with van der Waals surface area (Å²) in [7, 11) is -2.06. The van der Waals surface area contributed by atoms with Crippen LogP contribution in [0.25, 0.3) is 0 Å². The van der Waals surface area contributed by atoms with Crippen LogP contribution in [0.1, 0.15) is 39.2 Å². The van der Waals surface area contributed by atoms with Crippen molar-refractivity contribution in [2.24, 2.45) is 0 Å². The van der Waals surface area contributed by atoms with Gasteiger partial charge >= 0.3 is 0 Å². The molecule has 0 fully saturated rings. The number of carbonyl (C=O) groups excluding carboxylic acids is 2. The number of hydrogen-bond acceptors (Lipinski definition) is 5. The first kappa shape index (κ1) is 28.1. The summed E-state index contributed by atoms with van der Waals surface area (Å²) < 4.78 is 44.4. The minimum atomic E-state index is -3.58. The van der Waals surface area contributed by atoms with E-state index in [1.54, 1.807) is 43.3 Å². The van der Waals surface area contributed by atoms with Gasteiger partial charge in [0.2, 0.25) is 21.8 Å². The van der Waals surface area contributed by atoms with E-state index in [1.165, 1.54) is 28.4 Å². The fourth-order valence-electron chi connectivity index (χ4n) is 3.53. The molecule has 192 valence electrons. The van der Waals surface area contributed by atoms with Gasteiger partial charge in [-0.1, -0.05) is 12.1 Å². The Morgan fingerprint density at radius 3 is 2.14 bits per heavy atom. The minimum Gasteiger partial charge on any atom is -0.497 e. The highest BCUT2D eigenvalue weighted by molar-refractivity contribution is 7.92. The van der Waals surface area contributed by atoms with E-state index < -0.39 is 21.9 Å². The van der Waals surface area contributed by atoms with Crippen LogP contribution >= 0.6 is 0 Å². The molecule has 2 rings (SSSR count). The van der Waals surface area contributed by atoms with Crippen LogP contribution < -0.4 is 14.4 Å². The smallest absolute Gasteiger partial charge is 0.242 e. The van der Waals surface area contributed by atoms with Crippen LogP contribution in [0.3, 0.4) is 0 Å². The molecule has 0 aliphatic heterocycles. The zero-order chi connectivity index (χ0) is 26.2. The number of methoxy groups -OCH3 is 1. The number of carbonyl (C=O) groups is 2. The molecular formula is C25H34FN3O5S. The van der Waals surface area contributed by atoms with Crippen LogP contribution in [0.2, 0.25) is 0 Å². The maximum Gasteiger partial charge on any atom is 0.242 e. The number of rotatable bonds is 12. The van der Waals surface area contributed by atoms with E-state index in [0.29, 0.717) is 17.0 Å². The molecule has 0 spiro atoms. The van der Waals surface area contributed by atoms with Crippen LogP contribution in [-0.2, 0) is 26.2 Å². The van der Waals surface area contributed by atoms with Crippen molar-refractivity contribution >= 4 is 27.5 Å². The fraction of sp³-hybridized carbons (Fsp3) is 0.440. The van der Waals surface area contributed by atoms with Crippen molar-refractivity contribution in [1.82, 2.24) is 10.2 Å². The Bertz CT molecular complexity index is 1090. The number of ether oxygens (including phenoxy) is 1. The Balaban J connectivity index is 2.15. The number of nitrogens with zero attached hydrogens (tertiary/aromatic N) is 2. The predicted molar refractivity (Wildman–Crippen MR) is 134 cm³/mol. The quantitative estimate of drug-likeness (QED) is 0.476. The summed E-state index contributed by atoms with van der Waals surface area (Å²) in [6.45, 7) is 5.51. The van der Waals surface area contributed by atoms with Crippen molar-refractivity contribution < 1.29 is 27.1 Å². The molecule has 2 aromatic carbocycles. The second-order valence-electron chi connectivity index (χ2n) is 8.62. The highest BCUT2D eigenvalue weighted by atomic mass is 32.2. The van der Waals surface area contributed by atoms with Gasteiger partial charge in [-0.3, -0.25) is 13.9 Å². The summed E-state index contributed by atoms with van der Waals surface area (Å²) in [6.07, 6.45) is 1.39. The molecule has 0 aliphatic rings. The minimum absolute atomic E-state index is 0.0304. The molecule has 0 aromatic heterocycles. The van der Waals surface area contributed by atoms with E-state index in [1.807, 2.05) is 13.8 Å². The van der Waals surface area contributed by atoms with Gasteiger partial charge in [0.15, 0.2) is 0 Å². The van der Waals surface area contributed by atoms with Gasteiger partial charge < -0.3 is 15.0 Å². The third-order valence-electron chi connectivity index (χ3n) is 5.38. The summed E-state index contributed by atoms with van der Waals surface area (Å²) in [5.41, 5.74) is 1.15. The standard InChI is InChI=1S/C25H34FN3O5S/c1-18(2)27-25(31)19(3)28(17-20-8-10-21(26)11-9-20)24(30)7-6-16-29(35(5,32)33)22-12-14-23(34-4)15-13-22/h8-15,18-19H,6-7,16-17H2,1-5H3,(H,27,31)/t19-/m0/s1. The van der Waals surface area contributed by atoms with Crippen LogP contribution in [0.4, 0.5) is 10.1 Å². The van der Waals surface area contributed by atoms with Gasteiger partial charge in [-0.25, -0.2) is 12.8 Å². The number of amides is 2. The first-order chi connectivity index (χ1) is 16.4. The van der Waals surface area contributed by atoms with E-state index >= 15 is 0 Å². The largest absolute Gasteiger partial charge is 0.497 e. The van der Waals surface area contributed by atoms with Crippen molar-refractivity contribution in [3.63, 3.8) is 0 Å². The zero-order valence-electron chi connectivity index (χ0n) is 20.8. The lowest BCUT2D eigenvalue weighted by Gasteiger charge is -2.30. The van der Waals surface area contributed by atoms with Crippen molar-refractivity contribution in [3.05, 3.63) is 59.9 Å². The fourth-order valence-corrected chi connectivity index (χ4v) is 4.49.